The molecule has 1 spiro atoms. The summed E-state index contributed by atoms with van der Waals surface area (Å²) in [4.78, 5) is 2.42. The number of nitrogens with zero attached hydrogens (tertiary/aromatic N) is 1. The molecule has 1 atom stereocenters. The fourth-order valence-corrected chi connectivity index (χ4v) is 4.54. The minimum atomic E-state index is -4.39. The minimum Gasteiger partial charge on any atom is -0.386 e. The normalized spacial score (nSPS) is 26.7. The van der Waals surface area contributed by atoms with Gasteiger partial charge < -0.3 is 20.1 Å². The molecule has 26 heavy (non-hydrogen) atoms. The van der Waals surface area contributed by atoms with Crippen LogP contribution in [0.5, 0.6) is 0 Å². The Hall–Kier alpha value is -1.31. The number of piperidine rings is 1. The highest BCUT2D eigenvalue weighted by Gasteiger charge is 2.47. The number of alkyl halides is 3. The summed E-state index contributed by atoms with van der Waals surface area (Å²) in [7, 11) is 0. The zero-order valence-electron chi connectivity index (χ0n) is 14.7. The molecule has 0 aromatic heterocycles. The van der Waals surface area contributed by atoms with Crippen LogP contribution in [0.1, 0.15) is 42.9 Å². The lowest BCUT2D eigenvalue weighted by Crippen LogP contribution is -2.51. The van der Waals surface area contributed by atoms with E-state index in [2.05, 4.69) is 10.2 Å². The van der Waals surface area contributed by atoms with E-state index in [4.69, 9.17) is 4.74 Å². The molecule has 2 fully saturated rings. The summed E-state index contributed by atoms with van der Waals surface area (Å²) in [5, 5.41) is 14.1. The van der Waals surface area contributed by atoms with Crippen molar-refractivity contribution in [2.24, 2.45) is 5.92 Å². The van der Waals surface area contributed by atoms with Crippen molar-refractivity contribution in [3.8, 4) is 0 Å². The predicted molar refractivity (Wildman–Crippen MR) is 92.0 cm³/mol. The van der Waals surface area contributed by atoms with Crippen molar-refractivity contribution in [1.29, 1.82) is 0 Å². The molecule has 1 aromatic carbocycles. The maximum Gasteiger partial charge on any atom is 0.416 e. The van der Waals surface area contributed by atoms with Gasteiger partial charge in [-0.2, -0.15) is 13.2 Å². The number of fused-ring (bicyclic) bond motifs is 1. The molecular formula is C19H25F3N2O2. The van der Waals surface area contributed by atoms with Crippen LogP contribution in [0.4, 0.5) is 18.9 Å². The van der Waals surface area contributed by atoms with Crippen LogP contribution in [0.2, 0.25) is 0 Å². The van der Waals surface area contributed by atoms with Crippen molar-refractivity contribution >= 4 is 5.69 Å². The number of nitrogens with one attached hydrogen (secondary N) is 1. The first-order valence-electron chi connectivity index (χ1n) is 9.35. The average Bonchev–Trinajstić information content (AvgIpc) is 2.89. The highest BCUT2D eigenvalue weighted by Crippen LogP contribution is 2.48. The lowest BCUT2D eigenvalue weighted by atomic mass is 9.82. The van der Waals surface area contributed by atoms with Crippen LogP contribution in [-0.4, -0.2) is 48.4 Å². The van der Waals surface area contributed by atoms with Gasteiger partial charge in [-0.05, 0) is 49.8 Å². The van der Waals surface area contributed by atoms with E-state index in [1.54, 1.807) is 0 Å². The largest absolute Gasteiger partial charge is 0.416 e. The molecule has 1 unspecified atom stereocenters. The molecule has 0 amide bonds. The van der Waals surface area contributed by atoms with Crippen LogP contribution in [0.3, 0.4) is 0 Å². The van der Waals surface area contributed by atoms with Crippen molar-refractivity contribution in [2.45, 2.75) is 43.5 Å². The summed E-state index contributed by atoms with van der Waals surface area (Å²) < 4.78 is 44.3. The Labute approximate surface area is 151 Å². The second kappa shape index (κ2) is 6.69. The Bertz CT molecular complexity index is 651. The van der Waals surface area contributed by atoms with Crippen LogP contribution in [-0.2, 0) is 10.9 Å². The molecule has 3 aliphatic heterocycles. The highest BCUT2D eigenvalue weighted by molar-refractivity contribution is 5.62. The van der Waals surface area contributed by atoms with E-state index < -0.39 is 23.4 Å². The van der Waals surface area contributed by atoms with Gasteiger partial charge in [0.15, 0.2) is 0 Å². The Morgan fingerprint density at radius 2 is 1.88 bits per heavy atom. The average molecular weight is 370 g/mol. The van der Waals surface area contributed by atoms with Crippen LogP contribution < -0.4 is 5.32 Å². The zero-order chi connectivity index (χ0) is 18.4. The van der Waals surface area contributed by atoms with Crippen molar-refractivity contribution in [3.05, 3.63) is 29.3 Å². The second-order valence-corrected chi connectivity index (χ2v) is 7.84. The molecule has 0 radical (unpaired) electrons. The number of hydrogen-bond acceptors (Lipinski definition) is 4. The van der Waals surface area contributed by atoms with Gasteiger partial charge in [0, 0.05) is 44.1 Å². The molecule has 4 rings (SSSR count). The van der Waals surface area contributed by atoms with Crippen LogP contribution in [0.15, 0.2) is 18.2 Å². The Balaban J connectivity index is 1.42. The summed E-state index contributed by atoms with van der Waals surface area (Å²) in [5.74, 6) is 0.658. The highest BCUT2D eigenvalue weighted by atomic mass is 19.4. The van der Waals surface area contributed by atoms with E-state index in [1.165, 1.54) is 6.07 Å². The molecule has 4 nitrogen and oxygen atoms in total. The summed E-state index contributed by atoms with van der Waals surface area (Å²) in [6.45, 7) is 4.41. The molecule has 3 aliphatic rings. The third-order valence-corrected chi connectivity index (χ3v) is 6.19. The Morgan fingerprint density at radius 1 is 1.19 bits per heavy atom. The van der Waals surface area contributed by atoms with Gasteiger partial charge in [-0.1, -0.05) is 0 Å². The van der Waals surface area contributed by atoms with E-state index in [-0.39, 0.29) is 0 Å². The summed E-state index contributed by atoms with van der Waals surface area (Å²) in [5.41, 5.74) is -0.245. The Morgan fingerprint density at radius 3 is 2.54 bits per heavy atom. The number of hydrogen-bond donors (Lipinski definition) is 2. The van der Waals surface area contributed by atoms with Gasteiger partial charge in [-0.15, -0.1) is 0 Å². The molecule has 2 N–H and O–H groups in total. The maximum absolute atomic E-state index is 13.0. The molecule has 7 heteroatoms. The summed E-state index contributed by atoms with van der Waals surface area (Å²) in [6, 6.07) is 3.62. The lowest BCUT2D eigenvalue weighted by Gasteiger charge is -2.43. The van der Waals surface area contributed by atoms with Gasteiger partial charge >= 0.3 is 6.18 Å². The number of ether oxygens (including phenoxy) is 1. The van der Waals surface area contributed by atoms with Crippen molar-refractivity contribution < 1.29 is 23.0 Å². The zero-order valence-corrected chi connectivity index (χ0v) is 14.7. The molecule has 2 saturated heterocycles. The first-order chi connectivity index (χ1) is 12.4. The smallest absolute Gasteiger partial charge is 0.386 e. The molecule has 0 aliphatic carbocycles. The van der Waals surface area contributed by atoms with E-state index in [1.807, 2.05) is 0 Å². The SMILES string of the molecule is OC1c2cc(C(F)(F)F)ccc2NC12CCN(CC1CCOCC1)CC2. The number of aliphatic hydroxyl groups is 1. The minimum absolute atomic E-state index is 0.373. The first kappa shape index (κ1) is 18.1. The van der Waals surface area contributed by atoms with Crippen LogP contribution in [0, 0.1) is 5.92 Å². The van der Waals surface area contributed by atoms with Crippen LogP contribution >= 0.6 is 0 Å². The van der Waals surface area contributed by atoms with Crippen molar-refractivity contribution in [2.75, 3.05) is 38.2 Å². The monoisotopic (exact) mass is 370 g/mol. The van der Waals surface area contributed by atoms with Gasteiger partial charge in [-0.3, -0.25) is 0 Å². The number of benzene rings is 1. The van der Waals surface area contributed by atoms with Gasteiger partial charge in [0.1, 0.15) is 6.10 Å². The quantitative estimate of drug-likeness (QED) is 0.837. The number of halogens is 3. The number of likely N-dealkylation sites (tertiary alicyclic amines) is 1. The molecular weight excluding hydrogens is 345 g/mol. The topological polar surface area (TPSA) is 44.7 Å². The lowest BCUT2D eigenvalue weighted by molar-refractivity contribution is -0.137. The fraction of sp³-hybridized carbons (Fsp3) is 0.684. The van der Waals surface area contributed by atoms with E-state index in [0.29, 0.717) is 17.2 Å². The van der Waals surface area contributed by atoms with Crippen molar-refractivity contribution in [3.63, 3.8) is 0 Å². The summed E-state index contributed by atoms with van der Waals surface area (Å²) in [6.07, 6.45) is -1.65. The number of anilines is 1. The Kier molecular flexibility index (Phi) is 4.65. The number of aliphatic hydroxyl groups excluding tert-OH is 1. The van der Waals surface area contributed by atoms with Gasteiger partial charge in [0.2, 0.25) is 0 Å². The van der Waals surface area contributed by atoms with Crippen LogP contribution in [0.25, 0.3) is 0 Å². The maximum atomic E-state index is 13.0. The molecule has 0 saturated carbocycles. The van der Waals surface area contributed by atoms with E-state index in [0.717, 1.165) is 70.7 Å². The second-order valence-electron chi connectivity index (χ2n) is 7.84. The standard InChI is InChI=1S/C19H25F3N2O2/c20-19(21,22)14-1-2-16-15(11-14)17(25)18(23-16)5-7-24(8-6-18)12-13-3-9-26-10-4-13/h1-2,11,13,17,23,25H,3-10,12H2. The van der Waals surface area contributed by atoms with Crippen molar-refractivity contribution in [1.82, 2.24) is 4.90 Å². The van der Waals surface area contributed by atoms with Gasteiger partial charge in [-0.25, -0.2) is 0 Å². The summed E-state index contributed by atoms with van der Waals surface area (Å²) >= 11 is 0. The van der Waals surface area contributed by atoms with E-state index in [9.17, 15) is 18.3 Å². The van der Waals surface area contributed by atoms with E-state index >= 15 is 0 Å². The fourth-order valence-electron chi connectivity index (χ4n) is 4.54. The molecule has 1 aromatic rings. The molecule has 144 valence electrons. The van der Waals surface area contributed by atoms with Gasteiger partial charge in [0.05, 0.1) is 11.1 Å². The third-order valence-electron chi connectivity index (χ3n) is 6.19. The first-order valence-corrected chi connectivity index (χ1v) is 9.35. The predicted octanol–water partition coefficient (Wildman–Crippen LogP) is 3.43. The molecule has 0 bridgehead atoms. The van der Waals surface area contributed by atoms with Gasteiger partial charge in [0.25, 0.3) is 0 Å². The number of rotatable bonds is 2. The molecule has 3 heterocycles. The third kappa shape index (κ3) is 3.32.